The summed E-state index contributed by atoms with van der Waals surface area (Å²) >= 11 is 3.33. The van der Waals surface area contributed by atoms with Gasteiger partial charge in [-0.25, -0.2) is 0 Å². The minimum absolute atomic E-state index is 0.391. The molecular weight excluding hydrogens is 284 g/mol. The number of benzene rings is 1. The van der Waals surface area contributed by atoms with Crippen molar-refractivity contribution in [2.75, 3.05) is 7.11 Å². The Balaban J connectivity index is 3.11. The van der Waals surface area contributed by atoms with Crippen LogP contribution in [0, 0.1) is 5.41 Å². The molecule has 0 aliphatic carbocycles. The Kier molecular flexibility index (Phi) is 4.46. The van der Waals surface area contributed by atoms with Crippen molar-refractivity contribution in [2.45, 2.75) is 19.8 Å². The van der Waals surface area contributed by atoms with Crippen LogP contribution in [0.5, 0.6) is 0 Å². The second-order valence-corrected chi connectivity index (χ2v) is 5.29. The van der Waals surface area contributed by atoms with E-state index in [1.807, 2.05) is 24.3 Å². The number of hydrogen-bond donors (Lipinski definition) is 0. The SMILES string of the molecule is COC(=O)C(C)(C)C(C=O)c1ccc(Br)cc1. The minimum atomic E-state index is -0.871. The molecule has 1 aromatic carbocycles. The first-order valence-corrected chi connectivity index (χ1v) is 6.02. The van der Waals surface area contributed by atoms with Gasteiger partial charge in [0.2, 0.25) is 0 Å². The Labute approximate surface area is 109 Å². The summed E-state index contributed by atoms with van der Waals surface area (Å²) in [7, 11) is 1.33. The summed E-state index contributed by atoms with van der Waals surface area (Å²) in [6.45, 7) is 3.42. The summed E-state index contributed by atoms with van der Waals surface area (Å²) in [5.74, 6) is -0.902. The lowest BCUT2D eigenvalue weighted by molar-refractivity contribution is -0.153. The van der Waals surface area contributed by atoms with E-state index >= 15 is 0 Å². The van der Waals surface area contributed by atoms with Gasteiger partial charge >= 0.3 is 5.97 Å². The zero-order valence-corrected chi connectivity index (χ0v) is 11.7. The molecule has 0 fully saturated rings. The van der Waals surface area contributed by atoms with E-state index in [4.69, 9.17) is 4.74 Å². The van der Waals surface area contributed by atoms with Crippen LogP contribution in [0.3, 0.4) is 0 Å². The van der Waals surface area contributed by atoms with E-state index in [-0.39, 0.29) is 0 Å². The third-order valence-corrected chi connectivity index (χ3v) is 3.38. The van der Waals surface area contributed by atoms with Gasteiger partial charge in [0, 0.05) is 4.47 Å². The monoisotopic (exact) mass is 298 g/mol. The molecule has 0 aliphatic heterocycles. The highest BCUT2D eigenvalue weighted by atomic mass is 79.9. The molecule has 17 heavy (non-hydrogen) atoms. The number of carbonyl (C=O) groups excluding carboxylic acids is 2. The molecule has 92 valence electrons. The van der Waals surface area contributed by atoms with Crippen molar-refractivity contribution in [3.8, 4) is 0 Å². The first kappa shape index (κ1) is 13.9. The number of carbonyl (C=O) groups is 2. The largest absolute Gasteiger partial charge is 0.469 e. The van der Waals surface area contributed by atoms with E-state index in [0.29, 0.717) is 0 Å². The maximum absolute atomic E-state index is 11.7. The number of aldehydes is 1. The number of hydrogen-bond acceptors (Lipinski definition) is 3. The zero-order valence-electron chi connectivity index (χ0n) is 10.1. The fraction of sp³-hybridized carbons (Fsp3) is 0.385. The standard InChI is InChI=1S/C13H15BrO3/c1-13(2,12(16)17-3)11(8-15)9-4-6-10(14)7-5-9/h4-8,11H,1-3H3. The fourth-order valence-corrected chi connectivity index (χ4v) is 1.99. The van der Waals surface area contributed by atoms with Crippen molar-refractivity contribution in [3.05, 3.63) is 34.3 Å². The Hall–Kier alpha value is -1.16. The summed E-state index contributed by atoms with van der Waals surface area (Å²) < 4.78 is 5.67. The summed E-state index contributed by atoms with van der Waals surface area (Å²) in [5.41, 5.74) is -0.0664. The molecule has 0 saturated carbocycles. The summed E-state index contributed by atoms with van der Waals surface area (Å²) in [4.78, 5) is 22.9. The molecule has 4 heteroatoms. The lowest BCUT2D eigenvalue weighted by Gasteiger charge is -2.27. The topological polar surface area (TPSA) is 43.4 Å². The normalized spacial score (nSPS) is 12.9. The highest BCUT2D eigenvalue weighted by molar-refractivity contribution is 9.10. The van der Waals surface area contributed by atoms with E-state index < -0.39 is 17.3 Å². The predicted molar refractivity (Wildman–Crippen MR) is 68.7 cm³/mol. The molecule has 0 aliphatic rings. The second kappa shape index (κ2) is 5.45. The maximum atomic E-state index is 11.7. The van der Waals surface area contributed by atoms with Gasteiger partial charge in [-0.1, -0.05) is 28.1 Å². The summed E-state index contributed by atoms with van der Waals surface area (Å²) in [6.07, 6.45) is 0.792. The van der Waals surface area contributed by atoms with Crippen molar-refractivity contribution >= 4 is 28.2 Å². The Morgan fingerprint density at radius 1 is 1.35 bits per heavy atom. The van der Waals surface area contributed by atoms with Crippen molar-refractivity contribution in [3.63, 3.8) is 0 Å². The third-order valence-electron chi connectivity index (χ3n) is 2.85. The zero-order chi connectivity index (χ0) is 13.1. The van der Waals surface area contributed by atoms with E-state index in [0.717, 1.165) is 16.3 Å². The Morgan fingerprint density at radius 3 is 2.29 bits per heavy atom. The molecule has 1 unspecified atom stereocenters. The van der Waals surface area contributed by atoms with Crippen LogP contribution in [0.2, 0.25) is 0 Å². The van der Waals surface area contributed by atoms with Gasteiger partial charge in [0.15, 0.2) is 0 Å². The van der Waals surface area contributed by atoms with Gasteiger partial charge in [-0.15, -0.1) is 0 Å². The predicted octanol–water partition coefficient (Wildman–Crippen LogP) is 2.93. The number of esters is 1. The molecule has 0 radical (unpaired) electrons. The highest BCUT2D eigenvalue weighted by Crippen LogP contribution is 2.35. The molecule has 0 bridgehead atoms. The molecule has 0 amide bonds. The number of methoxy groups -OCH3 is 1. The molecule has 0 N–H and O–H groups in total. The average molecular weight is 299 g/mol. The second-order valence-electron chi connectivity index (χ2n) is 4.38. The molecule has 1 aromatic rings. The Bertz CT molecular complexity index is 409. The lowest BCUT2D eigenvalue weighted by Crippen LogP contribution is -2.33. The number of halogens is 1. The average Bonchev–Trinajstić information content (AvgIpc) is 2.31. The van der Waals surface area contributed by atoms with Crippen LogP contribution in [-0.2, 0) is 14.3 Å². The van der Waals surface area contributed by atoms with Crippen molar-refractivity contribution < 1.29 is 14.3 Å². The quantitative estimate of drug-likeness (QED) is 0.634. The molecule has 0 heterocycles. The van der Waals surface area contributed by atoms with Gasteiger partial charge in [0.1, 0.15) is 6.29 Å². The lowest BCUT2D eigenvalue weighted by atomic mass is 9.76. The van der Waals surface area contributed by atoms with Crippen LogP contribution in [0.25, 0.3) is 0 Å². The first-order valence-electron chi connectivity index (χ1n) is 5.22. The smallest absolute Gasteiger partial charge is 0.312 e. The van der Waals surface area contributed by atoms with Crippen LogP contribution < -0.4 is 0 Å². The molecule has 0 spiro atoms. The van der Waals surface area contributed by atoms with E-state index in [1.165, 1.54) is 7.11 Å². The number of ether oxygens (including phenoxy) is 1. The van der Waals surface area contributed by atoms with Crippen LogP contribution in [0.4, 0.5) is 0 Å². The maximum Gasteiger partial charge on any atom is 0.312 e. The Morgan fingerprint density at radius 2 is 1.88 bits per heavy atom. The van der Waals surface area contributed by atoms with Gasteiger partial charge in [0.25, 0.3) is 0 Å². The van der Waals surface area contributed by atoms with E-state index in [2.05, 4.69) is 15.9 Å². The minimum Gasteiger partial charge on any atom is -0.469 e. The molecule has 1 rings (SSSR count). The van der Waals surface area contributed by atoms with Crippen LogP contribution in [-0.4, -0.2) is 19.4 Å². The third kappa shape index (κ3) is 2.94. The van der Waals surface area contributed by atoms with Crippen LogP contribution in [0.1, 0.15) is 25.3 Å². The van der Waals surface area contributed by atoms with E-state index in [9.17, 15) is 9.59 Å². The molecule has 3 nitrogen and oxygen atoms in total. The van der Waals surface area contributed by atoms with Gasteiger partial charge in [-0.2, -0.15) is 0 Å². The van der Waals surface area contributed by atoms with Gasteiger partial charge in [-0.3, -0.25) is 4.79 Å². The molecular formula is C13H15BrO3. The van der Waals surface area contributed by atoms with Crippen molar-refractivity contribution in [2.24, 2.45) is 5.41 Å². The highest BCUT2D eigenvalue weighted by Gasteiger charge is 2.38. The fourth-order valence-electron chi connectivity index (χ4n) is 1.73. The van der Waals surface area contributed by atoms with Crippen molar-refractivity contribution in [1.29, 1.82) is 0 Å². The number of rotatable bonds is 4. The molecule has 0 saturated heterocycles. The molecule has 0 aromatic heterocycles. The summed E-state index contributed by atoms with van der Waals surface area (Å²) in [6, 6.07) is 7.35. The molecule has 1 atom stereocenters. The van der Waals surface area contributed by atoms with Gasteiger partial charge in [-0.05, 0) is 31.5 Å². The van der Waals surface area contributed by atoms with Gasteiger partial charge < -0.3 is 9.53 Å². The van der Waals surface area contributed by atoms with Gasteiger partial charge in [0.05, 0.1) is 18.4 Å². The van der Waals surface area contributed by atoms with E-state index in [1.54, 1.807) is 13.8 Å². The summed E-state index contributed by atoms with van der Waals surface area (Å²) in [5, 5.41) is 0. The van der Waals surface area contributed by atoms with Crippen LogP contribution >= 0.6 is 15.9 Å². The first-order chi connectivity index (χ1) is 7.93. The van der Waals surface area contributed by atoms with Crippen LogP contribution in [0.15, 0.2) is 28.7 Å². The van der Waals surface area contributed by atoms with Crippen molar-refractivity contribution in [1.82, 2.24) is 0 Å².